The summed E-state index contributed by atoms with van der Waals surface area (Å²) in [6, 6.07) is 7.41. The van der Waals surface area contributed by atoms with E-state index in [1.807, 2.05) is 19.1 Å². The fourth-order valence-corrected chi connectivity index (χ4v) is 1.27. The number of benzene rings is 1. The quantitative estimate of drug-likeness (QED) is 0.693. The summed E-state index contributed by atoms with van der Waals surface area (Å²) in [7, 11) is 0. The summed E-state index contributed by atoms with van der Waals surface area (Å²) >= 11 is 0. The van der Waals surface area contributed by atoms with Crippen LogP contribution >= 0.6 is 0 Å². The number of rotatable bonds is 2. The van der Waals surface area contributed by atoms with Crippen molar-refractivity contribution in [3.8, 4) is 0 Å². The Balaban J connectivity index is 2.33. The average molecular weight is 198 g/mol. The molecule has 2 rings (SSSR count). The molecule has 2 aromatic rings. The molecule has 1 aromatic heterocycles. The predicted molar refractivity (Wildman–Crippen MR) is 56.6 cm³/mol. The van der Waals surface area contributed by atoms with E-state index in [1.54, 1.807) is 18.3 Å². The molecule has 3 nitrogen and oxygen atoms in total. The summed E-state index contributed by atoms with van der Waals surface area (Å²) in [5.41, 5.74) is 2.15. The summed E-state index contributed by atoms with van der Waals surface area (Å²) < 4.78 is 0. The van der Waals surface area contributed by atoms with Gasteiger partial charge in [-0.3, -0.25) is 9.78 Å². The van der Waals surface area contributed by atoms with E-state index in [1.165, 1.54) is 12.4 Å². The van der Waals surface area contributed by atoms with Crippen molar-refractivity contribution in [1.29, 1.82) is 0 Å². The standard InChI is InChI=1S/C12H10N2O/c1-9-2-4-10(5-3-9)12(15)11-8-13-6-7-14-11/h2-8H,1H3. The van der Waals surface area contributed by atoms with Crippen molar-refractivity contribution < 1.29 is 4.79 Å². The summed E-state index contributed by atoms with van der Waals surface area (Å²) in [6.45, 7) is 1.98. The first-order chi connectivity index (χ1) is 7.27. The zero-order valence-corrected chi connectivity index (χ0v) is 8.34. The zero-order chi connectivity index (χ0) is 10.7. The van der Waals surface area contributed by atoms with Gasteiger partial charge in [-0.2, -0.15) is 0 Å². The Morgan fingerprint density at radius 3 is 2.47 bits per heavy atom. The van der Waals surface area contributed by atoms with Gasteiger partial charge in [0, 0.05) is 18.0 Å². The SMILES string of the molecule is Cc1ccc(C(=O)c2cnccn2)cc1. The van der Waals surface area contributed by atoms with Crippen molar-refractivity contribution in [1.82, 2.24) is 9.97 Å². The molecule has 1 aromatic carbocycles. The average Bonchev–Trinajstić information content (AvgIpc) is 2.30. The molecule has 0 spiro atoms. The minimum atomic E-state index is -0.0944. The second-order valence-electron chi connectivity index (χ2n) is 3.29. The van der Waals surface area contributed by atoms with Crippen molar-refractivity contribution >= 4 is 5.78 Å². The Hall–Kier alpha value is -2.03. The van der Waals surface area contributed by atoms with E-state index < -0.39 is 0 Å². The van der Waals surface area contributed by atoms with Crippen LogP contribution in [0.15, 0.2) is 42.9 Å². The summed E-state index contributed by atoms with van der Waals surface area (Å²) in [5.74, 6) is -0.0944. The van der Waals surface area contributed by atoms with Crippen LogP contribution < -0.4 is 0 Å². The largest absolute Gasteiger partial charge is 0.287 e. The van der Waals surface area contributed by atoms with Gasteiger partial charge in [0.05, 0.1) is 6.20 Å². The van der Waals surface area contributed by atoms with Crippen LogP contribution in [0.5, 0.6) is 0 Å². The molecule has 15 heavy (non-hydrogen) atoms. The number of nitrogens with zero attached hydrogens (tertiary/aromatic N) is 2. The minimum absolute atomic E-state index is 0.0944. The lowest BCUT2D eigenvalue weighted by atomic mass is 10.1. The molecule has 1 heterocycles. The molecule has 0 amide bonds. The lowest BCUT2D eigenvalue weighted by Gasteiger charge is -1.99. The lowest BCUT2D eigenvalue weighted by molar-refractivity contribution is 0.103. The van der Waals surface area contributed by atoms with Crippen molar-refractivity contribution in [2.75, 3.05) is 0 Å². The summed E-state index contributed by atoms with van der Waals surface area (Å²) in [4.78, 5) is 19.7. The molecule has 0 radical (unpaired) electrons. The fourth-order valence-electron chi connectivity index (χ4n) is 1.27. The van der Waals surface area contributed by atoms with Gasteiger partial charge in [0.25, 0.3) is 0 Å². The summed E-state index contributed by atoms with van der Waals surface area (Å²) in [6.07, 6.45) is 4.54. The second kappa shape index (κ2) is 4.00. The van der Waals surface area contributed by atoms with Crippen LogP contribution in [0, 0.1) is 6.92 Å². The molecule has 0 bridgehead atoms. The molecule has 0 aliphatic heterocycles. The van der Waals surface area contributed by atoms with Gasteiger partial charge in [0.2, 0.25) is 5.78 Å². The third-order valence-corrected chi connectivity index (χ3v) is 2.11. The molecular formula is C12H10N2O. The number of aryl methyl sites for hydroxylation is 1. The van der Waals surface area contributed by atoms with Gasteiger partial charge in [0.1, 0.15) is 5.69 Å². The van der Waals surface area contributed by atoms with Crippen LogP contribution in [-0.4, -0.2) is 15.8 Å². The van der Waals surface area contributed by atoms with Crippen molar-refractivity contribution in [2.24, 2.45) is 0 Å². The minimum Gasteiger partial charge on any atom is -0.287 e. The maximum Gasteiger partial charge on any atom is 0.212 e. The van der Waals surface area contributed by atoms with Crippen molar-refractivity contribution in [3.63, 3.8) is 0 Å². The highest BCUT2D eigenvalue weighted by Gasteiger charge is 2.09. The van der Waals surface area contributed by atoms with E-state index >= 15 is 0 Å². The first kappa shape index (κ1) is 9.52. The first-order valence-corrected chi connectivity index (χ1v) is 4.65. The Kier molecular flexibility index (Phi) is 2.54. The molecular weight excluding hydrogens is 188 g/mol. The number of carbonyl (C=O) groups is 1. The number of carbonyl (C=O) groups excluding carboxylic acids is 1. The zero-order valence-electron chi connectivity index (χ0n) is 8.34. The summed E-state index contributed by atoms with van der Waals surface area (Å²) in [5, 5.41) is 0. The molecule has 0 fully saturated rings. The first-order valence-electron chi connectivity index (χ1n) is 4.65. The van der Waals surface area contributed by atoms with Gasteiger partial charge in [-0.05, 0) is 6.92 Å². The Morgan fingerprint density at radius 1 is 1.13 bits per heavy atom. The molecule has 0 saturated heterocycles. The number of hydrogen-bond acceptors (Lipinski definition) is 3. The molecule has 0 aliphatic rings. The number of hydrogen-bond donors (Lipinski definition) is 0. The van der Waals surface area contributed by atoms with E-state index in [2.05, 4.69) is 9.97 Å². The van der Waals surface area contributed by atoms with E-state index in [4.69, 9.17) is 0 Å². The van der Waals surface area contributed by atoms with Crippen molar-refractivity contribution in [3.05, 3.63) is 59.7 Å². The van der Waals surface area contributed by atoms with Crippen LogP contribution in [-0.2, 0) is 0 Å². The highest BCUT2D eigenvalue weighted by atomic mass is 16.1. The van der Waals surface area contributed by atoms with Crippen LogP contribution in [0.25, 0.3) is 0 Å². The highest BCUT2D eigenvalue weighted by Crippen LogP contribution is 2.07. The van der Waals surface area contributed by atoms with E-state index in [-0.39, 0.29) is 5.78 Å². The highest BCUT2D eigenvalue weighted by molar-refractivity contribution is 6.07. The molecule has 0 unspecified atom stereocenters. The monoisotopic (exact) mass is 198 g/mol. The molecule has 0 aliphatic carbocycles. The maximum atomic E-state index is 11.9. The second-order valence-corrected chi connectivity index (χ2v) is 3.29. The molecule has 0 saturated carbocycles. The van der Waals surface area contributed by atoms with Crippen LogP contribution in [0.1, 0.15) is 21.6 Å². The van der Waals surface area contributed by atoms with Crippen LogP contribution in [0.4, 0.5) is 0 Å². The van der Waals surface area contributed by atoms with Gasteiger partial charge >= 0.3 is 0 Å². The Bertz CT molecular complexity index is 463. The predicted octanol–water partition coefficient (Wildman–Crippen LogP) is 2.02. The normalized spacial score (nSPS) is 9.93. The third-order valence-electron chi connectivity index (χ3n) is 2.11. The smallest absolute Gasteiger partial charge is 0.212 e. The van der Waals surface area contributed by atoms with E-state index in [0.29, 0.717) is 11.3 Å². The topological polar surface area (TPSA) is 42.9 Å². The van der Waals surface area contributed by atoms with E-state index in [0.717, 1.165) is 5.56 Å². The number of ketones is 1. The van der Waals surface area contributed by atoms with Gasteiger partial charge in [-0.25, -0.2) is 4.98 Å². The molecule has 0 atom stereocenters. The number of aromatic nitrogens is 2. The fraction of sp³-hybridized carbons (Fsp3) is 0.0833. The Labute approximate surface area is 87.8 Å². The van der Waals surface area contributed by atoms with Gasteiger partial charge in [-0.1, -0.05) is 29.8 Å². The van der Waals surface area contributed by atoms with Gasteiger partial charge < -0.3 is 0 Å². The van der Waals surface area contributed by atoms with Crippen LogP contribution in [0.2, 0.25) is 0 Å². The van der Waals surface area contributed by atoms with Crippen molar-refractivity contribution in [2.45, 2.75) is 6.92 Å². The van der Waals surface area contributed by atoms with Gasteiger partial charge in [0.15, 0.2) is 0 Å². The van der Waals surface area contributed by atoms with Gasteiger partial charge in [-0.15, -0.1) is 0 Å². The maximum absolute atomic E-state index is 11.9. The molecule has 0 N–H and O–H groups in total. The molecule has 74 valence electrons. The lowest BCUT2D eigenvalue weighted by Crippen LogP contribution is -2.03. The Morgan fingerprint density at radius 2 is 1.87 bits per heavy atom. The van der Waals surface area contributed by atoms with E-state index in [9.17, 15) is 4.79 Å². The van der Waals surface area contributed by atoms with Crippen LogP contribution in [0.3, 0.4) is 0 Å². The molecule has 3 heteroatoms. The third kappa shape index (κ3) is 2.07.